The van der Waals surface area contributed by atoms with Crippen molar-refractivity contribution < 1.29 is 4.74 Å². The molecule has 1 saturated heterocycles. The molecule has 3 heteroatoms. The number of rotatable bonds is 4. The van der Waals surface area contributed by atoms with Gasteiger partial charge in [0, 0.05) is 0 Å². The summed E-state index contributed by atoms with van der Waals surface area (Å²) < 4.78 is 5.88. The Balaban J connectivity index is 2.11. The van der Waals surface area contributed by atoms with E-state index in [2.05, 4.69) is 43.5 Å². The summed E-state index contributed by atoms with van der Waals surface area (Å²) in [6.45, 7) is 4.28. The SMILES string of the molecule is CCc1ccc(C(NN)C2CCC(C)O2)cc1. The Hall–Kier alpha value is -0.900. The van der Waals surface area contributed by atoms with Crippen molar-refractivity contribution in [2.75, 3.05) is 0 Å². The highest BCUT2D eigenvalue weighted by atomic mass is 16.5. The molecule has 1 aliphatic rings. The third-order valence-corrected chi connectivity index (χ3v) is 3.56. The normalized spacial score (nSPS) is 26.1. The van der Waals surface area contributed by atoms with Gasteiger partial charge in [-0.25, -0.2) is 0 Å². The number of hydrazine groups is 1. The summed E-state index contributed by atoms with van der Waals surface area (Å²) in [5, 5.41) is 0. The molecule has 1 aliphatic heterocycles. The maximum Gasteiger partial charge on any atom is 0.0787 e. The van der Waals surface area contributed by atoms with E-state index < -0.39 is 0 Å². The third kappa shape index (κ3) is 2.86. The van der Waals surface area contributed by atoms with Crippen molar-refractivity contribution in [3.05, 3.63) is 35.4 Å². The average molecular weight is 234 g/mol. The molecule has 0 radical (unpaired) electrons. The van der Waals surface area contributed by atoms with E-state index in [1.165, 1.54) is 11.1 Å². The number of nitrogens with one attached hydrogen (secondary N) is 1. The molecule has 2 rings (SSSR count). The van der Waals surface area contributed by atoms with Crippen molar-refractivity contribution in [2.45, 2.75) is 51.4 Å². The Morgan fingerprint density at radius 1 is 1.35 bits per heavy atom. The molecule has 3 nitrogen and oxygen atoms in total. The highest BCUT2D eigenvalue weighted by Crippen LogP contribution is 2.29. The van der Waals surface area contributed by atoms with E-state index in [-0.39, 0.29) is 12.1 Å². The Morgan fingerprint density at radius 3 is 2.53 bits per heavy atom. The molecule has 0 spiro atoms. The summed E-state index contributed by atoms with van der Waals surface area (Å²) in [4.78, 5) is 0. The summed E-state index contributed by atoms with van der Waals surface area (Å²) in [5.74, 6) is 5.67. The molecule has 17 heavy (non-hydrogen) atoms. The topological polar surface area (TPSA) is 47.3 Å². The van der Waals surface area contributed by atoms with Gasteiger partial charge in [0.15, 0.2) is 0 Å². The van der Waals surface area contributed by atoms with Gasteiger partial charge >= 0.3 is 0 Å². The minimum atomic E-state index is 0.103. The maximum atomic E-state index is 5.88. The number of benzene rings is 1. The molecular formula is C14H22N2O. The molecule has 1 fully saturated rings. The van der Waals surface area contributed by atoms with Crippen LogP contribution in [-0.4, -0.2) is 12.2 Å². The van der Waals surface area contributed by atoms with Gasteiger partial charge in [-0.15, -0.1) is 0 Å². The molecule has 0 aromatic heterocycles. The van der Waals surface area contributed by atoms with Gasteiger partial charge in [0.25, 0.3) is 0 Å². The number of hydrogen-bond acceptors (Lipinski definition) is 3. The van der Waals surface area contributed by atoms with E-state index in [0.717, 1.165) is 19.3 Å². The molecule has 0 aliphatic carbocycles. The number of ether oxygens (including phenoxy) is 1. The Labute approximate surface area is 103 Å². The summed E-state index contributed by atoms with van der Waals surface area (Å²) >= 11 is 0. The summed E-state index contributed by atoms with van der Waals surface area (Å²) in [7, 11) is 0. The monoisotopic (exact) mass is 234 g/mol. The second-order valence-corrected chi connectivity index (χ2v) is 4.80. The van der Waals surface area contributed by atoms with E-state index in [0.29, 0.717) is 6.10 Å². The fourth-order valence-corrected chi connectivity index (χ4v) is 2.46. The minimum Gasteiger partial charge on any atom is -0.373 e. The molecule has 0 amide bonds. The van der Waals surface area contributed by atoms with E-state index in [9.17, 15) is 0 Å². The molecule has 0 bridgehead atoms. The van der Waals surface area contributed by atoms with E-state index in [1.807, 2.05) is 0 Å². The minimum absolute atomic E-state index is 0.103. The molecule has 0 saturated carbocycles. The van der Waals surface area contributed by atoms with Crippen LogP contribution in [0.25, 0.3) is 0 Å². The van der Waals surface area contributed by atoms with Gasteiger partial charge in [0.2, 0.25) is 0 Å². The lowest BCUT2D eigenvalue weighted by Crippen LogP contribution is -2.36. The number of nitrogens with two attached hydrogens (primary N) is 1. The first-order valence-electron chi connectivity index (χ1n) is 6.45. The van der Waals surface area contributed by atoms with Crippen molar-refractivity contribution >= 4 is 0 Å². The van der Waals surface area contributed by atoms with Crippen LogP contribution in [0.2, 0.25) is 0 Å². The van der Waals surface area contributed by atoms with Crippen LogP contribution in [0.3, 0.4) is 0 Å². The molecule has 3 unspecified atom stereocenters. The van der Waals surface area contributed by atoms with E-state index in [1.54, 1.807) is 0 Å². The predicted octanol–water partition coefficient (Wildman–Crippen LogP) is 2.32. The zero-order valence-electron chi connectivity index (χ0n) is 10.6. The van der Waals surface area contributed by atoms with Crippen molar-refractivity contribution in [1.29, 1.82) is 0 Å². The number of aryl methyl sites for hydroxylation is 1. The van der Waals surface area contributed by atoms with Crippen molar-refractivity contribution in [1.82, 2.24) is 5.43 Å². The molecule has 1 heterocycles. The lowest BCUT2D eigenvalue weighted by atomic mass is 9.98. The van der Waals surface area contributed by atoms with Crippen LogP contribution in [0.15, 0.2) is 24.3 Å². The zero-order chi connectivity index (χ0) is 12.3. The first kappa shape index (κ1) is 12.6. The molecular weight excluding hydrogens is 212 g/mol. The Bertz CT molecular complexity index is 350. The van der Waals surface area contributed by atoms with E-state index >= 15 is 0 Å². The van der Waals surface area contributed by atoms with Crippen molar-refractivity contribution in [3.8, 4) is 0 Å². The lowest BCUT2D eigenvalue weighted by molar-refractivity contribution is 0.0316. The van der Waals surface area contributed by atoms with Gasteiger partial charge in [0.1, 0.15) is 0 Å². The standard InChI is InChI=1S/C14H22N2O/c1-3-11-5-7-12(8-6-11)14(16-15)13-9-4-10(2)17-13/h5-8,10,13-14,16H,3-4,9,15H2,1-2H3. The molecule has 1 aromatic carbocycles. The zero-order valence-corrected chi connectivity index (χ0v) is 10.6. The lowest BCUT2D eigenvalue weighted by Gasteiger charge is -2.23. The van der Waals surface area contributed by atoms with Crippen LogP contribution in [0, 0.1) is 0 Å². The van der Waals surface area contributed by atoms with Gasteiger partial charge in [-0.1, -0.05) is 31.2 Å². The first-order valence-corrected chi connectivity index (χ1v) is 6.45. The van der Waals surface area contributed by atoms with Crippen LogP contribution in [0.5, 0.6) is 0 Å². The second kappa shape index (κ2) is 5.63. The van der Waals surface area contributed by atoms with Crippen LogP contribution < -0.4 is 11.3 Å². The van der Waals surface area contributed by atoms with Gasteiger partial charge in [-0.05, 0) is 37.3 Å². The second-order valence-electron chi connectivity index (χ2n) is 4.80. The van der Waals surface area contributed by atoms with Crippen LogP contribution in [0.1, 0.15) is 43.9 Å². The van der Waals surface area contributed by atoms with E-state index in [4.69, 9.17) is 10.6 Å². The van der Waals surface area contributed by atoms with Gasteiger partial charge < -0.3 is 4.74 Å². The summed E-state index contributed by atoms with van der Waals surface area (Å²) in [6, 6.07) is 8.73. The third-order valence-electron chi connectivity index (χ3n) is 3.56. The Kier molecular flexibility index (Phi) is 4.15. The van der Waals surface area contributed by atoms with Gasteiger partial charge in [-0.3, -0.25) is 11.3 Å². The summed E-state index contributed by atoms with van der Waals surface area (Å²) in [6.07, 6.45) is 3.81. The predicted molar refractivity (Wildman–Crippen MR) is 69.5 cm³/mol. The van der Waals surface area contributed by atoms with Crippen LogP contribution in [0.4, 0.5) is 0 Å². The molecule has 3 N–H and O–H groups in total. The van der Waals surface area contributed by atoms with Crippen LogP contribution >= 0.6 is 0 Å². The average Bonchev–Trinajstić information content (AvgIpc) is 2.78. The highest BCUT2D eigenvalue weighted by Gasteiger charge is 2.29. The summed E-state index contributed by atoms with van der Waals surface area (Å²) in [5.41, 5.74) is 5.46. The van der Waals surface area contributed by atoms with Crippen LogP contribution in [-0.2, 0) is 11.2 Å². The molecule has 94 valence electrons. The largest absolute Gasteiger partial charge is 0.373 e. The fourth-order valence-electron chi connectivity index (χ4n) is 2.46. The highest BCUT2D eigenvalue weighted by molar-refractivity contribution is 5.26. The molecule has 1 aromatic rings. The van der Waals surface area contributed by atoms with Gasteiger partial charge in [0.05, 0.1) is 18.2 Å². The fraction of sp³-hybridized carbons (Fsp3) is 0.571. The van der Waals surface area contributed by atoms with Gasteiger partial charge in [-0.2, -0.15) is 0 Å². The molecule has 3 atom stereocenters. The quantitative estimate of drug-likeness (QED) is 0.621. The van der Waals surface area contributed by atoms with Crippen molar-refractivity contribution in [2.24, 2.45) is 5.84 Å². The van der Waals surface area contributed by atoms with Crippen molar-refractivity contribution in [3.63, 3.8) is 0 Å². The smallest absolute Gasteiger partial charge is 0.0787 e. The maximum absolute atomic E-state index is 5.88. The number of hydrogen-bond donors (Lipinski definition) is 2. The first-order chi connectivity index (χ1) is 8.24. The Morgan fingerprint density at radius 2 is 2.06 bits per heavy atom.